The van der Waals surface area contributed by atoms with Gasteiger partial charge in [-0.3, -0.25) is 0 Å². The van der Waals surface area contributed by atoms with Crippen LogP contribution in [0, 0.1) is 6.92 Å². The lowest BCUT2D eigenvalue weighted by Crippen LogP contribution is -2.34. The highest BCUT2D eigenvalue weighted by Crippen LogP contribution is 2.34. The van der Waals surface area contributed by atoms with Crippen LogP contribution in [0.4, 0.5) is 0 Å². The van der Waals surface area contributed by atoms with E-state index in [1.54, 1.807) is 0 Å². The van der Waals surface area contributed by atoms with E-state index >= 15 is 0 Å². The fourth-order valence-corrected chi connectivity index (χ4v) is 1.65. The molecule has 1 fully saturated rings. The van der Waals surface area contributed by atoms with Crippen molar-refractivity contribution in [2.24, 2.45) is 0 Å². The molecule has 0 bridgehead atoms. The van der Waals surface area contributed by atoms with Crippen LogP contribution in [0.1, 0.15) is 24.0 Å². The van der Waals surface area contributed by atoms with E-state index in [4.69, 9.17) is 5.11 Å². The molecular formula is C12H17NO. The molecule has 0 atom stereocenters. The SMILES string of the molecule is Cc1cccc(CNC2(CO)CC2)c1. The summed E-state index contributed by atoms with van der Waals surface area (Å²) in [5, 5.41) is 12.5. The Balaban J connectivity index is 1.92. The third-order valence-electron chi connectivity index (χ3n) is 2.91. The number of nitrogens with one attached hydrogen (secondary N) is 1. The van der Waals surface area contributed by atoms with Gasteiger partial charge in [-0.05, 0) is 25.3 Å². The molecule has 2 nitrogen and oxygen atoms in total. The number of rotatable bonds is 4. The van der Waals surface area contributed by atoms with Crippen LogP contribution in [0.25, 0.3) is 0 Å². The highest BCUT2D eigenvalue weighted by atomic mass is 16.3. The normalized spacial score (nSPS) is 18.1. The molecule has 2 rings (SSSR count). The number of hydrogen-bond donors (Lipinski definition) is 2. The highest BCUT2D eigenvalue weighted by Gasteiger charge is 2.41. The Kier molecular flexibility index (Phi) is 2.57. The Morgan fingerprint density at radius 1 is 1.43 bits per heavy atom. The summed E-state index contributed by atoms with van der Waals surface area (Å²) in [4.78, 5) is 0. The first kappa shape index (κ1) is 9.69. The number of aliphatic hydroxyl groups excluding tert-OH is 1. The average Bonchev–Trinajstić information content (AvgIpc) is 2.96. The van der Waals surface area contributed by atoms with Crippen molar-refractivity contribution in [3.8, 4) is 0 Å². The highest BCUT2D eigenvalue weighted by molar-refractivity contribution is 5.22. The summed E-state index contributed by atoms with van der Waals surface area (Å²) in [7, 11) is 0. The lowest BCUT2D eigenvalue weighted by molar-refractivity contribution is 0.229. The fraction of sp³-hybridized carbons (Fsp3) is 0.500. The first-order valence-corrected chi connectivity index (χ1v) is 5.16. The lowest BCUT2D eigenvalue weighted by atomic mass is 10.1. The minimum absolute atomic E-state index is 0.0454. The van der Waals surface area contributed by atoms with Crippen LogP contribution in [-0.4, -0.2) is 17.3 Å². The maximum atomic E-state index is 9.13. The third kappa shape index (κ3) is 2.14. The molecule has 0 radical (unpaired) electrons. The van der Waals surface area contributed by atoms with Crippen molar-refractivity contribution in [3.63, 3.8) is 0 Å². The Morgan fingerprint density at radius 3 is 2.79 bits per heavy atom. The molecule has 0 amide bonds. The Labute approximate surface area is 85.0 Å². The minimum Gasteiger partial charge on any atom is -0.394 e. The van der Waals surface area contributed by atoms with Crippen LogP contribution >= 0.6 is 0 Å². The van der Waals surface area contributed by atoms with Gasteiger partial charge in [0.05, 0.1) is 6.61 Å². The Hall–Kier alpha value is -0.860. The molecule has 2 N–H and O–H groups in total. The van der Waals surface area contributed by atoms with Crippen LogP contribution in [0.5, 0.6) is 0 Å². The smallest absolute Gasteiger partial charge is 0.0613 e. The van der Waals surface area contributed by atoms with Gasteiger partial charge in [-0.2, -0.15) is 0 Å². The van der Waals surface area contributed by atoms with Gasteiger partial charge in [0.2, 0.25) is 0 Å². The second-order valence-electron chi connectivity index (χ2n) is 4.28. The molecule has 1 saturated carbocycles. The molecule has 14 heavy (non-hydrogen) atoms. The van der Waals surface area contributed by atoms with E-state index in [2.05, 4.69) is 36.5 Å². The van der Waals surface area contributed by atoms with Crippen molar-refractivity contribution in [2.45, 2.75) is 31.8 Å². The third-order valence-corrected chi connectivity index (χ3v) is 2.91. The van der Waals surface area contributed by atoms with E-state index in [0.717, 1.165) is 19.4 Å². The van der Waals surface area contributed by atoms with E-state index in [-0.39, 0.29) is 12.1 Å². The zero-order valence-corrected chi connectivity index (χ0v) is 8.59. The van der Waals surface area contributed by atoms with E-state index in [1.165, 1.54) is 11.1 Å². The van der Waals surface area contributed by atoms with Gasteiger partial charge in [-0.15, -0.1) is 0 Å². The summed E-state index contributed by atoms with van der Waals surface area (Å²) in [5.74, 6) is 0. The van der Waals surface area contributed by atoms with Crippen LogP contribution in [-0.2, 0) is 6.54 Å². The molecule has 0 spiro atoms. The topological polar surface area (TPSA) is 32.3 Å². The molecule has 1 aromatic carbocycles. The molecule has 0 heterocycles. The van der Waals surface area contributed by atoms with Gasteiger partial charge in [-0.25, -0.2) is 0 Å². The molecule has 0 unspecified atom stereocenters. The quantitative estimate of drug-likeness (QED) is 0.758. The zero-order chi connectivity index (χ0) is 10.0. The predicted molar refractivity (Wildman–Crippen MR) is 57.1 cm³/mol. The maximum Gasteiger partial charge on any atom is 0.0613 e. The summed E-state index contributed by atoms with van der Waals surface area (Å²) < 4.78 is 0. The van der Waals surface area contributed by atoms with Crippen LogP contribution in [0.2, 0.25) is 0 Å². The second-order valence-corrected chi connectivity index (χ2v) is 4.28. The summed E-state index contributed by atoms with van der Waals surface area (Å²) in [6, 6.07) is 8.47. The van der Waals surface area contributed by atoms with E-state index < -0.39 is 0 Å². The van der Waals surface area contributed by atoms with E-state index in [1.807, 2.05) is 0 Å². The van der Waals surface area contributed by atoms with Crippen molar-refractivity contribution < 1.29 is 5.11 Å². The van der Waals surface area contributed by atoms with Crippen LogP contribution in [0.15, 0.2) is 24.3 Å². The monoisotopic (exact) mass is 191 g/mol. The molecule has 76 valence electrons. The lowest BCUT2D eigenvalue weighted by Gasteiger charge is -2.14. The largest absolute Gasteiger partial charge is 0.394 e. The van der Waals surface area contributed by atoms with Gasteiger partial charge in [-0.1, -0.05) is 29.8 Å². The molecule has 0 saturated heterocycles. The van der Waals surface area contributed by atoms with Crippen LogP contribution < -0.4 is 5.32 Å². The Morgan fingerprint density at radius 2 is 2.21 bits per heavy atom. The van der Waals surface area contributed by atoms with Gasteiger partial charge >= 0.3 is 0 Å². The summed E-state index contributed by atoms with van der Waals surface area (Å²) in [6.07, 6.45) is 2.21. The summed E-state index contributed by atoms with van der Waals surface area (Å²) in [5.41, 5.74) is 2.63. The van der Waals surface area contributed by atoms with Gasteiger partial charge < -0.3 is 10.4 Å². The number of hydrogen-bond acceptors (Lipinski definition) is 2. The first-order chi connectivity index (χ1) is 6.74. The maximum absolute atomic E-state index is 9.13. The number of benzene rings is 1. The number of aliphatic hydroxyl groups is 1. The molecule has 0 aromatic heterocycles. The van der Waals surface area contributed by atoms with Gasteiger partial charge in [0.25, 0.3) is 0 Å². The molecule has 2 heteroatoms. The molecule has 1 aliphatic rings. The van der Waals surface area contributed by atoms with Crippen molar-refractivity contribution in [1.29, 1.82) is 0 Å². The van der Waals surface area contributed by atoms with Gasteiger partial charge in [0.1, 0.15) is 0 Å². The van der Waals surface area contributed by atoms with Gasteiger partial charge in [0.15, 0.2) is 0 Å². The van der Waals surface area contributed by atoms with Crippen LogP contribution in [0.3, 0.4) is 0 Å². The van der Waals surface area contributed by atoms with Crippen molar-refractivity contribution in [1.82, 2.24) is 5.32 Å². The van der Waals surface area contributed by atoms with Crippen molar-refractivity contribution in [2.75, 3.05) is 6.61 Å². The van der Waals surface area contributed by atoms with Crippen molar-refractivity contribution in [3.05, 3.63) is 35.4 Å². The first-order valence-electron chi connectivity index (χ1n) is 5.16. The van der Waals surface area contributed by atoms with E-state index in [0.29, 0.717) is 0 Å². The zero-order valence-electron chi connectivity index (χ0n) is 8.59. The predicted octanol–water partition coefficient (Wildman–Crippen LogP) is 1.61. The average molecular weight is 191 g/mol. The molecule has 1 aromatic rings. The summed E-state index contributed by atoms with van der Waals surface area (Å²) in [6.45, 7) is 3.23. The second kappa shape index (κ2) is 3.71. The van der Waals surface area contributed by atoms with Crippen molar-refractivity contribution >= 4 is 0 Å². The molecule has 1 aliphatic carbocycles. The summed E-state index contributed by atoms with van der Waals surface area (Å²) >= 11 is 0. The molecule has 0 aliphatic heterocycles. The minimum atomic E-state index is 0.0454. The number of aryl methyl sites for hydroxylation is 1. The van der Waals surface area contributed by atoms with Gasteiger partial charge in [0, 0.05) is 12.1 Å². The molecular weight excluding hydrogens is 174 g/mol. The standard InChI is InChI=1S/C12H17NO/c1-10-3-2-4-11(7-10)8-13-12(9-14)5-6-12/h2-4,7,13-14H,5-6,8-9H2,1H3. The fourth-order valence-electron chi connectivity index (χ4n) is 1.65. The Bertz CT molecular complexity index is 318. The van der Waals surface area contributed by atoms with E-state index in [9.17, 15) is 0 Å².